The van der Waals surface area contributed by atoms with Crippen LogP contribution in [0, 0.1) is 12.8 Å². The van der Waals surface area contributed by atoms with Gasteiger partial charge in [0, 0.05) is 17.0 Å². The van der Waals surface area contributed by atoms with Crippen molar-refractivity contribution in [3.63, 3.8) is 0 Å². The van der Waals surface area contributed by atoms with Crippen molar-refractivity contribution < 1.29 is 9.59 Å². The van der Waals surface area contributed by atoms with Crippen LogP contribution in [0.15, 0.2) is 21.6 Å². The van der Waals surface area contributed by atoms with E-state index in [0.717, 1.165) is 16.2 Å². The lowest BCUT2D eigenvalue weighted by atomic mass is 9.99. The van der Waals surface area contributed by atoms with Crippen molar-refractivity contribution in [1.82, 2.24) is 10.9 Å². The summed E-state index contributed by atoms with van der Waals surface area (Å²) in [5.74, 6) is -0.653. The van der Waals surface area contributed by atoms with E-state index in [1.54, 1.807) is 24.5 Å². The minimum absolute atomic E-state index is 0.145. The summed E-state index contributed by atoms with van der Waals surface area (Å²) in [6.07, 6.45) is 2.32. The van der Waals surface area contributed by atoms with E-state index < -0.39 is 0 Å². The van der Waals surface area contributed by atoms with E-state index in [-0.39, 0.29) is 24.2 Å². The van der Waals surface area contributed by atoms with E-state index in [4.69, 9.17) is 0 Å². The summed E-state index contributed by atoms with van der Waals surface area (Å²) in [7, 11) is 0. The molecular formula is C13H16N4O2S. The summed E-state index contributed by atoms with van der Waals surface area (Å²) in [5, 5.41) is 9.72. The van der Waals surface area contributed by atoms with Gasteiger partial charge in [0.05, 0.1) is 12.1 Å². The van der Waals surface area contributed by atoms with Crippen molar-refractivity contribution in [2.75, 3.05) is 0 Å². The summed E-state index contributed by atoms with van der Waals surface area (Å²) < 4.78 is 0. The summed E-state index contributed by atoms with van der Waals surface area (Å²) in [5.41, 5.74) is 6.72. The van der Waals surface area contributed by atoms with Gasteiger partial charge in [-0.25, -0.2) is 10.9 Å². The van der Waals surface area contributed by atoms with Crippen LogP contribution < -0.4 is 10.9 Å². The van der Waals surface area contributed by atoms with Crippen LogP contribution in [0.2, 0.25) is 0 Å². The third-order valence-electron chi connectivity index (χ3n) is 3.10. The summed E-state index contributed by atoms with van der Waals surface area (Å²) >= 11 is 1.57. The topological polar surface area (TPSA) is 82.9 Å². The van der Waals surface area contributed by atoms with Crippen LogP contribution in [0.25, 0.3) is 0 Å². The second kappa shape index (κ2) is 6.42. The summed E-state index contributed by atoms with van der Waals surface area (Å²) in [6, 6.07) is 1.99. The zero-order valence-corrected chi connectivity index (χ0v) is 12.2. The molecule has 0 saturated heterocycles. The van der Waals surface area contributed by atoms with Crippen molar-refractivity contribution in [3.05, 3.63) is 21.9 Å². The molecule has 1 aromatic heterocycles. The van der Waals surface area contributed by atoms with E-state index in [1.807, 2.05) is 18.4 Å². The number of rotatable bonds is 5. The highest BCUT2D eigenvalue weighted by Gasteiger charge is 2.26. The van der Waals surface area contributed by atoms with Gasteiger partial charge in [-0.15, -0.1) is 11.3 Å². The number of hydrogen-bond acceptors (Lipinski definition) is 5. The van der Waals surface area contributed by atoms with Crippen LogP contribution in [0.3, 0.4) is 0 Å². The molecule has 1 aromatic rings. The van der Waals surface area contributed by atoms with Crippen molar-refractivity contribution in [1.29, 1.82) is 0 Å². The molecule has 0 aliphatic carbocycles. The number of amides is 2. The van der Waals surface area contributed by atoms with Gasteiger partial charge in [-0.1, -0.05) is 0 Å². The Labute approximate surface area is 121 Å². The predicted molar refractivity (Wildman–Crippen MR) is 78.8 cm³/mol. The molecule has 0 bridgehead atoms. The minimum atomic E-state index is -0.302. The second-order valence-corrected chi connectivity index (χ2v) is 5.53. The first kappa shape index (κ1) is 14.4. The number of nitrogens with zero attached hydrogens (tertiary/aromatic N) is 2. The van der Waals surface area contributed by atoms with Crippen molar-refractivity contribution >= 4 is 35.1 Å². The van der Waals surface area contributed by atoms with E-state index in [0.29, 0.717) is 6.42 Å². The Morgan fingerprint density at radius 3 is 3.00 bits per heavy atom. The Morgan fingerprint density at radius 2 is 2.40 bits per heavy atom. The minimum Gasteiger partial charge on any atom is -0.273 e. The molecule has 2 N–H and O–H groups in total. The fourth-order valence-corrected chi connectivity index (χ4v) is 2.63. The fraction of sp³-hybridized carbons (Fsp3) is 0.385. The maximum Gasteiger partial charge on any atom is 0.248 e. The molecule has 2 rings (SSSR count). The first-order valence-corrected chi connectivity index (χ1v) is 7.16. The van der Waals surface area contributed by atoms with Gasteiger partial charge in [-0.05, 0) is 37.3 Å². The van der Waals surface area contributed by atoms with E-state index in [1.165, 1.54) is 0 Å². The molecule has 1 aliphatic heterocycles. The number of thiophene rings is 1. The largest absolute Gasteiger partial charge is 0.273 e. The maximum atomic E-state index is 11.6. The number of nitrogens with one attached hydrogen (secondary N) is 2. The van der Waals surface area contributed by atoms with Gasteiger partial charge in [0.15, 0.2) is 0 Å². The van der Waals surface area contributed by atoms with Crippen LogP contribution >= 0.6 is 11.3 Å². The fourth-order valence-electron chi connectivity index (χ4n) is 1.84. The van der Waals surface area contributed by atoms with Gasteiger partial charge in [-0.3, -0.25) is 9.59 Å². The van der Waals surface area contributed by atoms with Crippen LogP contribution in [0.4, 0.5) is 0 Å². The third-order valence-corrected chi connectivity index (χ3v) is 4.05. The Bertz CT molecular complexity index is 577. The zero-order valence-electron chi connectivity index (χ0n) is 11.3. The Morgan fingerprint density at radius 1 is 1.60 bits per heavy atom. The standard InChI is InChI=1S/C13H16N4O2S/c1-8-5-6-20-11(8)7-14-16-12(18)4-3-10-9(2)15-17-13(10)19/h5-7,10H,3-4H2,1-2H3,(H,16,18)(H,17,19)/b14-7+. The molecule has 0 radical (unpaired) electrons. The lowest BCUT2D eigenvalue weighted by molar-refractivity contribution is -0.123. The summed E-state index contributed by atoms with van der Waals surface area (Å²) in [4.78, 5) is 24.1. The molecule has 2 heterocycles. The monoisotopic (exact) mass is 292 g/mol. The summed E-state index contributed by atoms with van der Waals surface area (Å²) in [6.45, 7) is 3.76. The van der Waals surface area contributed by atoms with Crippen molar-refractivity contribution in [2.45, 2.75) is 26.7 Å². The number of aryl methyl sites for hydroxylation is 1. The van der Waals surface area contributed by atoms with Crippen LogP contribution in [-0.2, 0) is 9.59 Å². The van der Waals surface area contributed by atoms with Gasteiger partial charge in [0.2, 0.25) is 11.8 Å². The molecule has 106 valence electrons. The SMILES string of the molecule is CC1=NNC(=O)C1CCC(=O)N/N=C/c1sccc1C. The molecule has 0 fully saturated rings. The zero-order chi connectivity index (χ0) is 14.5. The molecule has 2 amide bonds. The van der Waals surface area contributed by atoms with Gasteiger partial charge >= 0.3 is 0 Å². The van der Waals surface area contributed by atoms with Gasteiger partial charge in [0.1, 0.15) is 0 Å². The normalized spacial score (nSPS) is 18.2. The van der Waals surface area contributed by atoms with E-state index >= 15 is 0 Å². The first-order valence-electron chi connectivity index (χ1n) is 6.28. The quantitative estimate of drug-likeness (QED) is 0.635. The molecule has 1 atom stereocenters. The lowest BCUT2D eigenvalue weighted by Crippen LogP contribution is -2.25. The number of hydrazone groups is 2. The smallest absolute Gasteiger partial charge is 0.248 e. The van der Waals surface area contributed by atoms with Crippen LogP contribution in [-0.4, -0.2) is 23.7 Å². The second-order valence-electron chi connectivity index (χ2n) is 4.58. The first-order chi connectivity index (χ1) is 9.58. The van der Waals surface area contributed by atoms with Gasteiger partial charge < -0.3 is 0 Å². The Balaban J connectivity index is 1.76. The molecule has 7 heteroatoms. The molecule has 1 unspecified atom stereocenters. The molecule has 20 heavy (non-hydrogen) atoms. The molecule has 6 nitrogen and oxygen atoms in total. The van der Waals surface area contributed by atoms with Gasteiger partial charge in [-0.2, -0.15) is 10.2 Å². The van der Waals surface area contributed by atoms with Crippen LogP contribution in [0.5, 0.6) is 0 Å². The number of hydrogen-bond donors (Lipinski definition) is 2. The van der Waals surface area contributed by atoms with Crippen molar-refractivity contribution in [3.8, 4) is 0 Å². The third kappa shape index (κ3) is 3.51. The number of carbonyl (C=O) groups excluding carboxylic acids is 2. The lowest BCUT2D eigenvalue weighted by Gasteiger charge is -2.06. The van der Waals surface area contributed by atoms with E-state index in [2.05, 4.69) is 21.1 Å². The Hall–Kier alpha value is -2.02. The highest BCUT2D eigenvalue weighted by molar-refractivity contribution is 7.11. The molecule has 1 aliphatic rings. The maximum absolute atomic E-state index is 11.6. The Kier molecular flexibility index (Phi) is 4.62. The molecule has 0 spiro atoms. The number of carbonyl (C=O) groups is 2. The predicted octanol–water partition coefficient (Wildman–Crippen LogP) is 1.41. The molecule has 0 aromatic carbocycles. The van der Waals surface area contributed by atoms with Crippen molar-refractivity contribution in [2.24, 2.45) is 16.1 Å². The van der Waals surface area contributed by atoms with E-state index in [9.17, 15) is 9.59 Å². The highest BCUT2D eigenvalue weighted by atomic mass is 32.1. The van der Waals surface area contributed by atoms with Crippen LogP contribution in [0.1, 0.15) is 30.2 Å². The molecule has 0 saturated carbocycles. The van der Waals surface area contributed by atoms with Gasteiger partial charge in [0.25, 0.3) is 0 Å². The average Bonchev–Trinajstić information content (AvgIpc) is 2.95. The molecular weight excluding hydrogens is 276 g/mol. The average molecular weight is 292 g/mol. The highest BCUT2D eigenvalue weighted by Crippen LogP contribution is 2.14.